The summed E-state index contributed by atoms with van der Waals surface area (Å²) in [7, 11) is 1.62. The zero-order valence-electron chi connectivity index (χ0n) is 17.9. The average molecular weight is 432 g/mol. The van der Waals surface area contributed by atoms with Crippen LogP contribution in [0, 0.1) is 11.8 Å². The van der Waals surface area contributed by atoms with Crippen LogP contribution in [0.4, 0.5) is 5.95 Å². The fourth-order valence-electron chi connectivity index (χ4n) is 5.27. The summed E-state index contributed by atoms with van der Waals surface area (Å²) >= 11 is 0. The van der Waals surface area contributed by atoms with Crippen LogP contribution in [0.1, 0.15) is 19.8 Å². The number of amides is 1. The van der Waals surface area contributed by atoms with Crippen LogP contribution < -0.4 is 10.1 Å². The lowest BCUT2D eigenvalue weighted by Gasteiger charge is -2.18. The third-order valence-electron chi connectivity index (χ3n) is 6.81. The Morgan fingerprint density at radius 2 is 2.03 bits per heavy atom. The molecule has 2 aliphatic rings. The molecule has 3 atom stereocenters. The van der Waals surface area contributed by atoms with Crippen LogP contribution in [-0.2, 0) is 4.79 Å². The second-order valence-electron chi connectivity index (χ2n) is 8.72. The molecule has 0 bridgehead atoms. The fourth-order valence-corrected chi connectivity index (χ4v) is 5.27. The number of methoxy groups -OCH3 is 1. The van der Waals surface area contributed by atoms with E-state index >= 15 is 0 Å². The molecule has 2 fully saturated rings. The van der Waals surface area contributed by atoms with Crippen LogP contribution >= 0.6 is 0 Å². The first-order chi connectivity index (χ1) is 15.6. The summed E-state index contributed by atoms with van der Waals surface area (Å²) in [6.45, 7) is 3.37. The predicted octanol–water partition coefficient (Wildman–Crippen LogP) is 2.34. The summed E-state index contributed by atoms with van der Waals surface area (Å²) in [6, 6.07) is 4.22. The maximum absolute atomic E-state index is 11.7. The van der Waals surface area contributed by atoms with Gasteiger partial charge >= 0.3 is 0 Å². The van der Waals surface area contributed by atoms with E-state index in [4.69, 9.17) is 9.72 Å². The molecule has 0 spiro atoms. The van der Waals surface area contributed by atoms with Gasteiger partial charge in [-0.15, -0.1) is 0 Å². The first kappa shape index (κ1) is 19.0. The number of rotatable bonds is 4. The van der Waals surface area contributed by atoms with Gasteiger partial charge < -0.3 is 19.9 Å². The Hall–Kier alpha value is -3.69. The van der Waals surface area contributed by atoms with Crippen LogP contribution in [0.2, 0.25) is 0 Å². The van der Waals surface area contributed by atoms with E-state index in [0.717, 1.165) is 48.1 Å². The molecule has 1 saturated heterocycles. The summed E-state index contributed by atoms with van der Waals surface area (Å²) in [5.41, 5.74) is 3.42. The van der Waals surface area contributed by atoms with Crippen molar-refractivity contribution in [1.82, 2.24) is 34.4 Å². The number of nitrogens with one attached hydrogen (secondary N) is 2. The number of carbonyl (C=O) groups is 1. The summed E-state index contributed by atoms with van der Waals surface area (Å²) in [6.07, 6.45) is 7.42. The van der Waals surface area contributed by atoms with E-state index in [-0.39, 0.29) is 5.91 Å². The van der Waals surface area contributed by atoms with Gasteiger partial charge in [-0.05, 0) is 36.8 Å². The molecule has 5 heterocycles. The highest BCUT2D eigenvalue weighted by molar-refractivity contribution is 5.97. The number of likely N-dealkylation sites (tertiary alicyclic amines) is 1. The Morgan fingerprint density at radius 3 is 2.78 bits per heavy atom. The number of hydrogen-bond acceptors (Lipinski definition) is 7. The zero-order valence-corrected chi connectivity index (χ0v) is 17.9. The minimum Gasteiger partial charge on any atom is -0.480 e. The van der Waals surface area contributed by atoms with Crippen molar-refractivity contribution >= 4 is 28.5 Å². The van der Waals surface area contributed by atoms with E-state index in [1.54, 1.807) is 18.5 Å². The van der Waals surface area contributed by atoms with Crippen molar-refractivity contribution in [2.45, 2.75) is 25.8 Å². The smallest absolute Gasteiger partial charge is 0.228 e. The Morgan fingerprint density at radius 1 is 1.22 bits per heavy atom. The summed E-state index contributed by atoms with van der Waals surface area (Å²) in [5.74, 6) is 2.35. The van der Waals surface area contributed by atoms with E-state index < -0.39 is 0 Å². The SMILES string of the molecule is COc1nc(N[C@@H]2C[C@@H]3CN(C(C)=O)C[C@@H]3C2)nc2[nH]cc(-c3ccc4ncnn4c3)c12. The average Bonchev–Trinajstić information content (AvgIpc) is 3.54. The number of anilines is 1. The third kappa shape index (κ3) is 3.05. The molecule has 0 radical (unpaired) electrons. The van der Waals surface area contributed by atoms with Gasteiger partial charge in [0, 0.05) is 49.6 Å². The van der Waals surface area contributed by atoms with Gasteiger partial charge in [0.1, 0.15) is 12.0 Å². The monoisotopic (exact) mass is 432 g/mol. The lowest BCUT2D eigenvalue weighted by molar-refractivity contribution is -0.128. The van der Waals surface area contributed by atoms with Gasteiger partial charge in [-0.3, -0.25) is 4.79 Å². The quantitative estimate of drug-likeness (QED) is 0.509. The van der Waals surface area contributed by atoms with E-state index in [0.29, 0.717) is 35.4 Å². The molecule has 1 aliphatic carbocycles. The van der Waals surface area contributed by atoms with Gasteiger partial charge in [0.2, 0.25) is 17.7 Å². The van der Waals surface area contributed by atoms with Crippen molar-refractivity contribution in [3.8, 4) is 17.0 Å². The molecule has 4 aromatic heterocycles. The number of H-pyrrole nitrogens is 1. The Balaban J connectivity index is 1.27. The zero-order chi connectivity index (χ0) is 21.8. The van der Waals surface area contributed by atoms with Crippen LogP contribution in [-0.4, -0.2) is 66.6 Å². The number of fused-ring (bicyclic) bond motifs is 3. The van der Waals surface area contributed by atoms with Crippen LogP contribution in [0.25, 0.3) is 27.8 Å². The molecular weight excluding hydrogens is 408 g/mol. The normalized spacial score (nSPS) is 22.6. The topological polar surface area (TPSA) is 113 Å². The first-order valence-electron chi connectivity index (χ1n) is 10.8. The van der Waals surface area contributed by atoms with Gasteiger partial charge in [-0.2, -0.15) is 15.1 Å². The van der Waals surface area contributed by atoms with Gasteiger partial charge in [-0.25, -0.2) is 9.50 Å². The van der Waals surface area contributed by atoms with Crippen molar-refractivity contribution in [3.63, 3.8) is 0 Å². The minimum absolute atomic E-state index is 0.174. The molecule has 10 nitrogen and oxygen atoms in total. The lowest BCUT2D eigenvalue weighted by Crippen LogP contribution is -2.29. The number of ether oxygens (including phenoxy) is 1. The number of aromatic amines is 1. The highest BCUT2D eigenvalue weighted by atomic mass is 16.5. The molecule has 1 aliphatic heterocycles. The second kappa shape index (κ2) is 7.18. The number of pyridine rings is 1. The molecule has 0 unspecified atom stereocenters. The Kier molecular flexibility index (Phi) is 4.27. The van der Waals surface area contributed by atoms with Crippen molar-refractivity contribution < 1.29 is 9.53 Å². The van der Waals surface area contributed by atoms with E-state index in [9.17, 15) is 4.79 Å². The fraction of sp³-hybridized carbons (Fsp3) is 0.409. The minimum atomic E-state index is 0.174. The van der Waals surface area contributed by atoms with Crippen LogP contribution in [0.3, 0.4) is 0 Å². The van der Waals surface area contributed by atoms with Gasteiger partial charge in [0.15, 0.2) is 5.65 Å². The van der Waals surface area contributed by atoms with Crippen molar-refractivity contribution in [1.29, 1.82) is 0 Å². The molecule has 1 saturated carbocycles. The highest BCUT2D eigenvalue weighted by Crippen LogP contribution is 2.40. The largest absolute Gasteiger partial charge is 0.480 e. The molecular formula is C22H24N8O2. The molecule has 32 heavy (non-hydrogen) atoms. The number of nitrogens with zero attached hydrogens (tertiary/aromatic N) is 6. The molecule has 6 rings (SSSR count). The molecule has 0 aromatic carbocycles. The van der Waals surface area contributed by atoms with Crippen molar-refractivity contribution in [3.05, 3.63) is 30.9 Å². The van der Waals surface area contributed by atoms with E-state index in [1.165, 1.54) is 6.33 Å². The van der Waals surface area contributed by atoms with E-state index in [2.05, 4.69) is 25.4 Å². The van der Waals surface area contributed by atoms with E-state index in [1.807, 2.05) is 29.4 Å². The number of aromatic nitrogens is 6. The van der Waals surface area contributed by atoms with Crippen molar-refractivity contribution in [2.24, 2.45) is 11.8 Å². The third-order valence-corrected chi connectivity index (χ3v) is 6.81. The summed E-state index contributed by atoms with van der Waals surface area (Å²) in [5, 5.41) is 8.56. The maximum atomic E-state index is 11.7. The summed E-state index contributed by atoms with van der Waals surface area (Å²) in [4.78, 5) is 30.5. The lowest BCUT2D eigenvalue weighted by atomic mass is 10.0. The Bertz CT molecular complexity index is 1310. The van der Waals surface area contributed by atoms with Gasteiger partial charge in [-0.1, -0.05) is 0 Å². The van der Waals surface area contributed by atoms with Crippen molar-refractivity contribution in [2.75, 3.05) is 25.5 Å². The molecule has 4 aromatic rings. The van der Waals surface area contributed by atoms with Crippen LogP contribution in [0.5, 0.6) is 5.88 Å². The highest BCUT2D eigenvalue weighted by Gasteiger charge is 2.41. The summed E-state index contributed by atoms with van der Waals surface area (Å²) < 4.78 is 7.39. The second-order valence-corrected chi connectivity index (χ2v) is 8.72. The number of hydrogen-bond donors (Lipinski definition) is 2. The predicted molar refractivity (Wildman–Crippen MR) is 118 cm³/mol. The first-order valence-corrected chi connectivity index (χ1v) is 10.8. The van der Waals surface area contributed by atoms with Crippen LogP contribution in [0.15, 0.2) is 30.9 Å². The maximum Gasteiger partial charge on any atom is 0.228 e. The molecule has 10 heteroatoms. The Labute approximate surface area is 184 Å². The molecule has 2 N–H and O–H groups in total. The molecule has 1 amide bonds. The van der Waals surface area contributed by atoms with Gasteiger partial charge in [0.25, 0.3) is 0 Å². The number of carbonyl (C=O) groups excluding carboxylic acids is 1. The van der Waals surface area contributed by atoms with Gasteiger partial charge in [0.05, 0.1) is 12.5 Å². The molecule has 164 valence electrons. The standard InChI is InChI=1S/C22H24N8O2/c1-12(31)29-8-14-5-16(6-15(14)9-29)26-22-27-20-19(21(28-22)32-2)17(7-23-20)13-3-4-18-24-11-25-30(18)10-13/h3-4,7,10-11,14-16H,5-6,8-9H2,1-2H3,(H2,23,26,27,28)/t14-,15+,16-.